The Bertz CT molecular complexity index is 758. The summed E-state index contributed by atoms with van der Waals surface area (Å²) in [6, 6.07) is 13.5. The summed E-state index contributed by atoms with van der Waals surface area (Å²) < 4.78 is 6.01. The van der Waals surface area contributed by atoms with Crippen LogP contribution in [0.3, 0.4) is 0 Å². The molecule has 0 fully saturated rings. The molecule has 1 aliphatic carbocycles. The van der Waals surface area contributed by atoms with Crippen molar-refractivity contribution in [2.24, 2.45) is 0 Å². The van der Waals surface area contributed by atoms with Gasteiger partial charge < -0.3 is 10.1 Å². The number of benzene rings is 2. The van der Waals surface area contributed by atoms with Gasteiger partial charge in [-0.25, -0.2) is 0 Å². The predicted octanol–water partition coefficient (Wildman–Crippen LogP) is 6.55. The van der Waals surface area contributed by atoms with Gasteiger partial charge >= 0.3 is 0 Å². The van der Waals surface area contributed by atoms with Crippen LogP contribution in [0.15, 0.2) is 54.1 Å². The summed E-state index contributed by atoms with van der Waals surface area (Å²) in [6.07, 6.45) is 8.70. The van der Waals surface area contributed by atoms with Crippen molar-refractivity contribution < 1.29 is 4.74 Å². The third kappa shape index (κ3) is 6.05. The maximum absolute atomic E-state index is 6.18. The number of rotatable bonds is 8. The molecule has 0 heterocycles. The Morgan fingerprint density at radius 2 is 1.88 bits per heavy atom. The van der Waals surface area contributed by atoms with Crippen molar-refractivity contribution in [3.05, 3.63) is 75.3 Å². The minimum Gasteiger partial charge on any atom is -0.489 e. The van der Waals surface area contributed by atoms with Crippen LogP contribution in [0.25, 0.3) is 0 Å². The second-order valence-electron chi connectivity index (χ2n) is 6.71. The molecular weight excluding hydrogens is 365 g/mol. The van der Waals surface area contributed by atoms with Gasteiger partial charge in [-0.05, 0) is 74.5 Å². The number of hydrogen-bond donors (Lipinski definition) is 1. The highest BCUT2D eigenvalue weighted by Gasteiger charge is 2.07. The van der Waals surface area contributed by atoms with Gasteiger partial charge in [0.1, 0.15) is 12.4 Å². The van der Waals surface area contributed by atoms with Gasteiger partial charge in [0.05, 0.1) is 0 Å². The van der Waals surface area contributed by atoms with E-state index in [1.54, 1.807) is 5.57 Å². The lowest BCUT2D eigenvalue weighted by Crippen LogP contribution is -2.16. The minimum absolute atomic E-state index is 0.488. The smallest absolute Gasteiger partial charge is 0.124 e. The van der Waals surface area contributed by atoms with E-state index in [-0.39, 0.29) is 0 Å². The molecule has 1 N–H and O–H groups in total. The maximum atomic E-state index is 6.18. The highest BCUT2D eigenvalue weighted by atomic mass is 35.5. The molecule has 0 unspecified atom stereocenters. The zero-order valence-corrected chi connectivity index (χ0v) is 16.5. The van der Waals surface area contributed by atoms with Gasteiger partial charge in [-0.15, -0.1) is 0 Å². The lowest BCUT2D eigenvalue weighted by atomic mass is 9.97. The lowest BCUT2D eigenvalue weighted by molar-refractivity contribution is 0.302. The van der Waals surface area contributed by atoms with Crippen molar-refractivity contribution in [1.82, 2.24) is 5.32 Å². The average Bonchev–Trinajstić information content (AvgIpc) is 2.65. The summed E-state index contributed by atoms with van der Waals surface area (Å²) in [4.78, 5) is 0. The zero-order valence-electron chi connectivity index (χ0n) is 14.9. The molecule has 1 aliphatic rings. The quantitative estimate of drug-likeness (QED) is 0.408. The first-order chi connectivity index (χ1) is 12.7. The summed E-state index contributed by atoms with van der Waals surface area (Å²) in [5.74, 6) is 0.860. The summed E-state index contributed by atoms with van der Waals surface area (Å²) in [7, 11) is 0. The van der Waals surface area contributed by atoms with Gasteiger partial charge in [-0.3, -0.25) is 0 Å². The fraction of sp³-hybridized carbons (Fsp3) is 0.364. The van der Waals surface area contributed by atoms with Crippen LogP contribution in [-0.2, 0) is 13.2 Å². The first-order valence-corrected chi connectivity index (χ1v) is 10.0. The number of halogens is 2. The zero-order chi connectivity index (χ0) is 18.2. The van der Waals surface area contributed by atoms with Gasteiger partial charge in [-0.1, -0.05) is 47.0 Å². The summed E-state index contributed by atoms with van der Waals surface area (Å²) in [5.41, 5.74) is 3.72. The molecule has 0 atom stereocenters. The van der Waals surface area contributed by atoms with Crippen LogP contribution in [0.2, 0.25) is 10.0 Å². The van der Waals surface area contributed by atoms with Crippen molar-refractivity contribution in [3.8, 4) is 5.75 Å². The Labute approximate surface area is 166 Å². The van der Waals surface area contributed by atoms with Crippen LogP contribution >= 0.6 is 23.2 Å². The molecular formula is C22H25Cl2NO. The summed E-state index contributed by atoms with van der Waals surface area (Å²) in [5, 5.41) is 4.98. The maximum Gasteiger partial charge on any atom is 0.124 e. The molecule has 0 saturated heterocycles. The second kappa shape index (κ2) is 10.0. The van der Waals surface area contributed by atoms with E-state index in [2.05, 4.69) is 11.4 Å². The van der Waals surface area contributed by atoms with E-state index in [1.165, 1.54) is 25.7 Å². The summed E-state index contributed by atoms with van der Waals surface area (Å²) >= 11 is 12.2. The number of nitrogens with one attached hydrogen (secondary N) is 1. The van der Waals surface area contributed by atoms with E-state index in [0.29, 0.717) is 6.61 Å². The molecule has 0 spiro atoms. The van der Waals surface area contributed by atoms with Crippen molar-refractivity contribution >= 4 is 23.2 Å². The Hall–Kier alpha value is -1.48. The van der Waals surface area contributed by atoms with Gasteiger partial charge in [0.2, 0.25) is 0 Å². The topological polar surface area (TPSA) is 21.3 Å². The van der Waals surface area contributed by atoms with Crippen LogP contribution in [0, 0.1) is 0 Å². The minimum atomic E-state index is 0.488. The van der Waals surface area contributed by atoms with Crippen molar-refractivity contribution in [1.29, 1.82) is 0 Å². The molecule has 0 bridgehead atoms. The molecule has 2 aromatic carbocycles. The van der Waals surface area contributed by atoms with E-state index in [9.17, 15) is 0 Å². The fourth-order valence-corrected chi connectivity index (χ4v) is 3.63. The lowest BCUT2D eigenvalue weighted by Gasteiger charge is -2.15. The van der Waals surface area contributed by atoms with Gasteiger partial charge in [-0.2, -0.15) is 0 Å². The van der Waals surface area contributed by atoms with Gasteiger partial charge in [0, 0.05) is 22.2 Å². The summed E-state index contributed by atoms with van der Waals surface area (Å²) in [6.45, 7) is 2.22. The normalized spacial score (nSPS) is 14.2. The van der Waals surface area contributed by atoms with E-state index in [4.69, 9.17) is 27.9 Å². The van der Waals surface area contributed by atoms with Crippen molar-refractivity contribution in [3.63, 3.8) is 0 Å². The first kappa shape index (κ1) is 19.3. The van der Waals surface area contributed by atoms with Gasteiger partial charge in [0.25, 0.3) is 0 Å². The van der Waals surface area contributed by atoms with Crippen LogP contribution < -0.4 is 10.1 Å². The predicted molar refractivity (Wildman–Crippen MR) is 110 cm³/mol. The largest absolute Gasteiger partial charge is 0.489 e. The number of hydrogen-bond acceptors (Lipinski definition) is 2. The molecule has 4 heteroatoms. The Balaban J connectivity index is 1.54. The molecule has 0 aromatic heterocycles. The molecule has 0 amide bonds. The molecule has 0 saturated carbocycles. The third-order valence-corrected chi connectivity index (χ3v) is 5.10. The van der Waals surface area contributed by atoms with E-state index in [1.807, 2.05) is 42.5 Å². The third-order valence-electron chi connectivity index (χ3n) is 4.63. The van der Waals surface area contributed by atoms with Crippen molar-refractivity contribution in [2.45, 2.75) is 45.3 Å². The number of allylic oxidation sites excluding steroid dienone is 1. The Kier molecular flexibility index (Phi) is 7.43. The molecule has 26 heavy (non-hydrogen) atoms. The standard InChI is InChI=1S/C22H25Cl2NO/c23-20-8-4-7-18(13-20)16-26-22-10-9-21(24)14-19(22)15-25-12-11-17-5-2-1-3-6-17/h4-5,7-10,13-14,25H,1-3,6,11-12,15-16H2. The van der Waals surface area contributed by atoms with E-state index in [0.717, 1.165) is 46.4 Å². The van der Waals surface area contributed by atoms with E-state index < -0.39 is 0 Å². The van der Waals surface area contributed by atoms with E-state index >= 15 is 0 Å². The fourth-order valence-electron chi connectivity index (χ4n) is 3.22. The van der Waals surface area contributed by atoms with Crippen LogP contribution in [0.5, 0.6) is 5.75 Å². The molecule has 3 rings (SSSR count). The molecule has 2 aromatic rings. The molecule has 0 aliphatic heterocycles. The SMILES string of the molecule is Clc1cccc(COc2ccc(Cl)cc2CNCCC2=CCCCC2)c1. The Morgan fingerprint density at radius 3 is 2.69 bits per heavy atom. The average molecular weight is 390 g/mol. The second-order valence-corrected chi connectivity index (χ2v) is 7.58. The van der Waals surface area contributed by atoms with Crippen LogP contribution in [-0.4, -0.2) is 6.54 Å². The highest BCUT2D eigenvalue weighted by molar-refractivity contribution is 6.30. The van der Waals surface area contributed by atoms with Gasteiger partial charge in [0.15, 0.2) is 0 Å². The molecule has 138 valence electrons. The molecule has 0 radical (unpaired) electrons. The number of ether oxygens (including phenoxy) is 1. The highest BCUT2D eigenvalue weighted by Crippen LogP contribution is 2.25. The van der Waals surface area contributed by atoms with Crippen LogP contribution in [0.1, 0.15) is 43.2 Å². The van der Waals surface area contributed by atoms with Crippen molar-refractivity contribution in [2.75, 3.05) is 6.54 Å². The Morgan fingerprint density at radius 1 is 1.00 bits per heavy atom. The monoisotopic (exact) mass is 389 g/mol. The first-order valence-electron chi connectivity index (χ1n) is 9.25. The van der Waals surface area contributed by atoms with Crippen LogP contribution in [0.4, 0.5) is 0 Å². The molecule has 2 nitrogen and oxygen atoms in total.